The molecule has 3 rings (SSSR count). The number of aryl methyl sites for hydroxylation is 1. The standard InChI is InChI=1S/C29H39ClN2O3/c1-4-6-8-15-32-16-9-7-10-22-17-26(30)13-11-24(22)21-35-28-14-12-23(18-27(28)32)25(20-33)19-29(34)31(3)5-2/h11-14,17-18,20,25H,4-10,15-16,19,21H2,1-3H3. The van der Waals surface area contributed by atoms with E-state index >= 15 is 0 Å². The zero-order chi connectivity index (χ0) is 25.2. The average Bonchev–Trinajstić information content (AvgIpc) is 2.90. The summed E-state index contributed by atoms with van der Waals surface area (Å²) in [5.74, 6) is 0.322. The van der Waals surface area contributed by atoms with Gasteiger partial charge in [0.1, 0.15) is 18.6 Å². The number of carbonyl (C=O) groups excluding carboxylic acids is 2. The Morgan fingerprint density at radius 2 is 1.97 bits per heavy atom. The van der Waals surface area contributed by atoms with Crippen LogP contribution in [0, 0.1) is 0 Å². The van der Waals surface area contributed by atoms with Crippen LogP contribution in [0.5, 0.6) is 5.75 Å². The van der Waals surface area contributed by atoms with Crippen molar-refractivity contribution in [3.63, 3.8) is 0 Å². The Hall–Kier alpha value is -2.53. The second-order valence-corrected chi connectivity index (χ2v) is 9.87. The number of rotatable bonds is 9. The summed E-state index contributed by atoms with van der Waals surface area (Å²) in [6, 6.07) is 12.0. The number of unbranched alkanes of at least 4 members (excludes halogenated alkanes) is 2. The van der Waals surface area contributed by atoms with E-state index in [4.69, 9.17) is 16.3 Å². The summed E-state index contributed by atoms with van der Waals surface area (Å²) in [7, 11) is 1.77. The summed E-state index contributed by atoms with van der Waals surface area (Å²) in [5, 5.41) is 0.757. The predicted octanol–water partition coefficient (Wildman–Crippen LogP) is 6.40. The SMILES string of the molecule is CCCCCN1CCCCc2cc(Cl)ccc2COc2ccc(C(C=O)CC(=O)N(C)CC)cc21. The molecule has 0 aromatic heterocycles. The summed E-state index contributed by atoms with van der Waals surface area (Å²) in [5.41, 5.74) is 4.28. The first kappa shape index (κ1) is 27.1. The summed E-state index contributed by atoms with van der Waals surface area (Å²) in [6.07, 6.45) is 7.61. The largest absolute Gasteiger partial charge is 0.487 e. The first-order valence-electron chi connectivity index (χ1n) is 12.9. The van der Waals surface area contributed by atoms with E-state index in [0.29, 0.717) is 13.2 Å². The van der Waals surface area contributed by atoms with Crippen molar-refractivity contribution in [2.45, 2.75) is 71.3 Å². The second-order valence-electron chi connectivity index (χ2n) is 9.43. The lowest BCUT2D eigenvalue weighted by molar-refractivity contribution is -0.131. The summed E-state index contributed by atoms with van der Waals surface area (Å²) in [6.45, 7) is 7.10. The van der Waals surface area contributed by atoms with Gasteiger partial charge in [-0.15, -0.1) is 0 Å². The lowest BCUT2D eigenvalue weighted by atomic mass is 9.95. The van der Waals surface area contributed by atoms with Crippen LogP contribution in [0.25, 0.3) is 0 Å². The Morgan fingerprint density at radius 1 is 1.14 bits per heavy atom. The van der Waals surface area contributed by atoms with E-state index in [1.807, 2.05) is 25.1 Å². The van der Waals surface area contributed by atoms with Gasteiger partial charge in [0.25, 0.3) is 0 Å². The van der Waals surface area contributed by atoms with E-state index in [-0.39, 0.29) is 12.3 Å². The van der Waals surface area contributed by atoms with E-state index < -0.39 is 5.92 Å². The molecule has 0 N–H and O–H groups in total. The number of halogens is 1. The zero-order valence-electron chi connectivity index (χ0n) is 21.4. The molecular formula is C29H39ClN2O3. The van der Waals surface area contributed by atoms with Gasteiger partial charge in [-0.05, 0) is 73.6 Å². The highest BCUT2D eigenvalue weighted by atomic mass is 35.5. The lowest BCUT2D eigenvalue weighted by Gasteiger charge is -2.28. The number of hydrogen-bond donors (Lipinski definition) is 0. The molecular weight excluding hydrogens is 460 g/mol. The van der Waals surface area contributed by atoms with Crippen molar-refractivity contribution in [1.29, 1.82) is 0 Å². The first-order valence-corrected chi connectivity index (χ1v) is 13.3. The van der Waals surface area contributed by atoms with Gasteiger partial charge in [0, 0.05) is 44.0 Å². The molecule has 0 aliphatic carbocycles. The molecule has 1 atom stereocenters. The number of ether oxygens (including phenoxy) is 1. The van der Waals surface area contributed by atoms with Gasteiger partial charge in [0.2, 0.25) is 5.91 Å². The highest BCUT2D eigenvalue weighted by Gasteiger charge is 2.22. The third kappa shape index (κ3) is 7.47. The van der Waals surface area contributed by atoms with E-state index in [2.05, 4.69) is 30.0 Å². The summed E-state index contributed by atoms with van der Waals surface area (Å²) >= 11 is 6.27. The minimum atomic E-state index is -0.472. The van der Waals surface area contributed by atoms with E-state index in [0.717, 1.165) is 79.1 Å². The quantitative estimate of drug-likeness (QED) is 0.296. The lowest BCUT2D eigenvalue weighted by Crippen LogP contribution is -2.28. The molecule has 6 heteroatoms. The molecule has 2 aromatic rings. The number of nitrogens with zero attached hydrogens (tertiary/aromatic N) is 2. The van der Waals surface area contributed by atoms with Crippen molar-refractivity contribution in [3.8, 4) is 5.75 Å². The monoisotopic (exact) mass is 498 g/mol. The Balaban J connectivity index is 1.94. The molecule has 1 heterocycles. The number of fused-ring (bicyclic) bond motifs is 2. The molecule has 190 valence electrons. The molecule has 1 aliphatic rings. The fourth-order valence-corrected chi connectivity index (χ4v) is 4.74. The molecule has 1 unspecified atom stereocenters. The normalized spacial score (nSPS) is 14.7. The predicted molar refractivity (Wildman–Crippen MR) is 144 cm³/mol. The average molecular weight is 499 g/mol. The van der Waals surface area contributed by atoms with Crippen LogP contribution >= 0.6 is 11.6 Å². The van der Waals surface area contributed by atoms with Gasteiger partial charge in [-0.3, -0.25) is 4.79 Å². The van der Waals surface area contributed by atoms with Crippen molar-refractivity contribution in [3.05, 3.63) is 58.1 Å². The topological polar surface area (TPSA) is 49.9 Å². The van der Waals surface area contributed by atoms with Crippen molar-refractivity contribution in [2.24, 2.45) is 0 Å². The molecule has 35 heavy (non-hydrogen) atoms. The third-order valence-electron chi connectivity index (χ3n) is 6.92. The minimum absolute atomic E-state index is 0.0209. The number of aldehydes is 1. The minimum Gasteiger partial charge on any atom is -0.487 e. The highest BCUT2D eigenvalue weighted by molar-refractivity contribution is 6.30. The fourth-order valence-electron chi connectivity index (χ4n) is 4.55. The van der Waals surface area contributed by atoms with Crippen LogP contribution in [0.15, 0.2) is 36.4 Å². The Morgan fingerprint density at radius 3 is 2.71 bits per heavy atom. The molecule has 0 saturated carbocycles. The molecule has 0 bridgehead atoms. The first-order chi connectivity index (χ1) is 17.0. The van der Waals surface area contributed by atoms with Crippen LogP contribution in [-0.2, 0) is 22.6 Å². The number of hydrogen-bond acceptors (Lipinski definition) is 4. The van der Waals surface area contributed by atoms with E-state index in [1.165, 1.54) is 12.0 Å². The van der Waals surface area contributed by atoms with Gasteiger partial charge < -0.3 is 19.3 Å². The van der Waals surface area contributed by atoms with Crippen LogP contribution < -0.4 is 9.64 Å². The molecule has 0 spiro atoms. The highest BCUT2D eigenvalue weighted by Crippen LogP contribution is 2.35. The van der Waals surface area contributed by atoms with Gasteiger partial charge in [-0.25, -0.2) is 0 Å². The van der Waals surface area contributed by atoms with Crippen LogP contribution in [0.2, 0.25) is 5.02 Å². The third-order valence-corrected chi connectivity index (χ3v) is 7.15. The van der Waals surface area contributed by atoms with Crippen LogP contribution in [-0.4, -0.2) is 43.8 Å². The van der Waals surface area contributed by atoms with Crippen LogP contribution in [0.4, 0.5) is 5.69 Å². The molecule has 0 radical (unpaired) electrons. The summed E-state index contributed by atoms with van der Waals surface area (Å²) < 4.78 is 6.38. The second kappa shape index (κ2) is 13.5. The van der Waals surface area contributed by atoms with Crippen LogP contribution in [0.1, 0.15) is 75.0 Å². The van der Waals surface area contributed by atoms with Gasteiger partial charge >= 0.3 is 0 Å². The maximum absolute atomic E-state index is 12.5. The smallest absolute Gasteiger partial charge is 0.223 e. The molecule has 2 aromatic carbocycles. The van der Waals surface area contributed by atoms with Crippen molar-refractivity contribution >= 4 is 29.5 Å². The number of amides is 1. The van der Waals surface area contributed by atoms with Gasteiger partial charge in [0.15, 0.2) is 0 Å². The maximum Gasteiger partial charge on any atom is 0.223 e. The van der Waals surface area contributed by atoms with Gasteiger partial charge in [0.05, 0.1) is 5.69 Å². The number of benzene rings is 2. The Labute approximate surface area is 215 Å². The molecule has 5 nitrogen and oxygen atoms in total. The fraction of sp³-hybridized carbons (Fsp3) is 0.517. The van der Waals surface area contributed by atoms with E-state index in [9.17, 15) is 9.59 Å². The Kier molecular flexibility index (Phi) is 10.5. The Bertz CT molecular complexity index is 994. The van der Waals surface area contributed by atoms with Crippen molar-refractivity contribution in [2.75, 3.05) is 31.6 Å². The molecule has 0 fully saturated rings. The van der Waals surface area contributed by atoms with Crippen LogP contribution in [0.3, 0.4) is 0 Å². The maximum atomic E-state index is 12.5. The number of anilines is 1. The zero-order valence-corrected chi connectivity index (χ0v) is 22.2. The van der Waals surface area contributed by atoms with Gasteiger partial charge in [-0.1, -0.05) is 43.5 Å². The molecule has 0 saturated heterocycles. The van der Waals surface area contributed by atoms with Crippen molar-refractivity contribution < 1.29 is 14.3 Å². The van der Waals surface area contributed by atoms with E-state index in [1.54, 1.807) is 11.9 Å². The molecule has 1 amide bonds. The van der Waals surface area contributed by atoms with Gasteiger partial charge in [-0.2, -0.15) is 0 Å². The summed E-state index contributed by atoms with van der Waals surface area (Å²) in [4.78, 5) is 28.6. The molecule has 1 aliphatic heterocycles. The number of carbonyl (C=O) groups is 2. The van der Waals surface area contributed by atoms with Crippen molar-refractivity contribution in [1.82, 2.24) is 4.90 Å².